The molecule has 0 aliphatic heterocycles. The predicted octanol–water partition coefficient (Wildman–Crippen LogP) is 4.54. The van der Waals surface area contributed by atoms with E-state index in [-0.39, 0.29) is 29.5 Å². The second-order valence-electron chi connectivity index (χ2n) is 9.37. The number of hydrogen-bond donors (Lipinski definition) is 2. The van der Waals surface area contributed by atoms with Crippen LogP contribution in [-0.4, -0.2) is 28.3 Å². The number of halogens is 1. The highest BCUT2D eigenvalue weighted by Crippen LogP contribution is 2.48. The highest BCUT2D eigenvalue weighted by atomic mass is 79.9. The Morgan fingerprint density at radius 2 is 2.10 bits per heavy atom. The van der Waals surface area contributed by atoms with Crippen LogP contribution in [0.3, 0.4) is 0 Å². The largest absolute Gasteiger partial charge is 0.380 e. The highest BCUT2D eigenvalue weighted by Gasteiger charge is 2.43. The molecule has 170 valence electrons. The summed E-state index contributed by atoms with van der Waals surface area (Å²) in [5.74, 6) is 1.37. The van der Waals surface area contributed by atoms with Crippen molar-refractivity contribution in [1.29, 1.82) is 0 Å². The first kappa shape index (κ1) is 24.0. The predicted molar refractivity (Wildman–Crippen MR) is 131 cm³/mol. The topological polar surface area (TPSA) is 76.0 Å². The molecule has 4 atom stereocenters. The molecule has 2 N–H and O–H groups in total. The van der Waals surface area contributed by atoms with E-state index in [9.17, 15) is 9.59 Å². The Balaban J connectivity index is 1.62. The number of anilines is 1. The van der Waals surface area contributed by atoms with Crippen LogP contribution in [0, 0.1) is 23.2 Å². The van der Waals surface area contributed by atoms with Crippen LogP contribution in [0.1, 0.15) is 45.9 Å². The third-order valence-electron chi connectivity index (χ3n) is 7.37. The number of nitrogens with zero attached hydrogens (tertiary/aromatic N) is 2. The minimum Gasteiger partial charge on any atom is -0.380 e. The molecule has 0 saturated heterocycles. The average molecular weight is 510 g/mol. The maximum absolute atomic E-state index is 12.8. The van der Waals surface area contributed by atoms with E-state index in [0.29, 0.717) is 34.5 Å². The molecule has 0 unspecified atom stereocenters. The highest BCUT2D eigenvalue weighted by molar-refractivity contribution is 9.10. The minimum atomic E-state index is -0.303. The molecule has 3 rings (SSSR count). The van der Waals surface area contributed by atoms with Gasteiger partial charge in [0, 0.05) is 17.5 Å². The maximum atomic E-state index is 12.8. The normalized spacial score (nSPS) is 25.2. The van der Waals surface area contributed by atoms with Crippen molar-refractivity contribution in [3.8, 4) is 0 Å². The molecule has 0 aromatic carbocycles. The summed E-state index contributed by atoms with van der Waals surface area (Å²) in [5, 5.41) is 12.7. The van der Waals surface area contributed by atoms with Crippen LogP contribution < -0.4 is 16.2 Å². The van der Waals surface area contributed by atoms with E-state index in [2.05, 4.69) is 66.3 Å². The van der Waals surface area contributed by atoms with E-state index in [0.717, 1.165) is 12.8 Å². The van der Waals surface area contributed by atoms with Gasteiger partial charge in [0.05, 0.1) is 11.9 Å². The van der Waals surface area contributed by atoms with E-state index in [1.807, 2.05) is 17.5 Å². The quantitative estimate of drug-likeness (QED) is 0.575. The van der Waals surface area contributed by atoms with E-state index < -0.39 is 0 Å². The minimum absolute atomic E-state index is 0.0930. The number of aromatic nitrogens is 2. The average Bonchev–Trinajstić information content (AvgIpc) is 3.24. The summed E-state index contributed by atoms with van der Waals surface area (Å²) >= 11 is 5.10. The van der Waals surface area contributed by atoms with Crippen LogP contribution in [0.25, 0.3) is 0 Å². The molecule has 1 fully saturated rings. The monoisotopic (exact) mass is 508 g/mol. The zero-order chi connectivity index (χ0) is 22.8. The molecule has 0 bridgehead atoms. The van der Waals surface area contributed by atoms with Crippen molar-refractivity contribution in [1.82, 2.24) is 15.1 Å². The molecule has 8 heteroatoms. The number of thiophene rings is 1. The third kappa shape index (κ3) is 5.40. The van der Waals surface area contributed by atoms with Gasteiger partial charge in [0.25, 0.3) is 5.56 Å². The lowest BCUT2D eigenvalue weighted by molar-refractivity contribution is -0.121. The van der Waals surface area contributed by atoms with Crippen LogP contribution in [0.5, 0.6) is 0 Å². The van der Waals surface area contributed by atoms with E-state index >= 15 is 0 Å². The lowest BCUT2D eigenvalue weighted by atomic mass is 9.58. The van der Waals surface area contributed by atoms with Crippen molar-refractivity contribution in [3.63, 3.8) is 0 Å². The van der Waals surface area contributed by atoms with Crippen LogP contribution in [-0.2, 0) is 17.8 Å². The van der Waals surface area contributed by atoms with Gasteiger partial charge >= 0.3 is 0 Å². The van der Waals surface area contributed by atoms with Crippen molar-refractivity contribution >= 4 is 38.9 Å². The molecule has 0 radical (unpaired) electrons. The van der Waals surface area contributed by atoms with Gasteiger partial charge in [0.15, 0.2) is 0 Å². The zero-order valence-corrected chi connectivity index (χ0v) is 21.3. The van der Waals surface area contributed by atoms with E-state index in [1.165, 1.54) is 9.56 Å². The first-order valence-electron chi connectivity index (χ1n) is 10.9. The second kappa shape index (κ2) is 9.86. The van der Waals surface area contributed by atoms with Crippen LogP contribution >= 0.6 is 27.3 Å². The second-order valence-corrected chi connectivity index (χ2v) is 11.2. The Kier molecular flexibility index (Phi) is 7.63. The van der Waals surface area contributed by atoms with Crippen molar-refractivity contribution < 1.29 is 4.79 Å². The van der Waals surface area contributed by atoms with Gasteiger partial charge in [-0.2, -0.15) is 5.10 Å². The summed E-state index contributed by atoms with van der Waals surface area (Å²) in [6.07, 6.45) is 3.47. The molecule has 1 saturated carbocycles. The van der Waals surface area contributed by atoms with Gasteiger partial charge in [-0.15, -0.1) is 11.3 Å². The molecule has 1 aliphatic carbocycles. The molecule has 2 heterocycles. The smallest absolute Gasteiger partial charge is 0.283 e. The Bertz CT molecular complexity index is 957. The van der Waals surface area contributed by atoms with Gasteiger partial charge in [0.1, 0.15) is 11.0 Å². The molecule has 1 amide bonds. The SMILES string of the molecule is C[C@@H]1[C@@H](C)C(C)(C)[C@@H](C)C[C@H]1Nc1cnn(CC(=O)NCCc2cccs2)c(=O)c1Br. The Hall–Kier alpha value is -1.67. The first-order chi connectivity index (χ1) is 14.6. The van der Waals surface area contributed by atoms with E-state index in [4.69, 9.17) is 0 Å². The van der Waals surface area contributed by atoms with Crippen molar-refractivity contribution in [3.05, 3.63) is 43.4 Å². The Morgan fingerprint density at radius 1 is 1.35 bits per heavy atom. The number of rotatable bonds is 7. The summed E-state index contributed by atoms with van der Waals surface area (Å²) in [5.41, 5.74) is 0.673. The number of carbonyl (C=O) groups is 1. The molecule has 0 spiro atoms. The summed E-state index contributed by atoms with van der Waals surface area (Å²) in [7, 11) is 0. The fraction of sp³-hybridized carbons (Fsp3) is 0.609. The maximum Gasteiger partial charge on any atom is 0.283 e. The molecule has 1 aliphatic rings. The van der Waals surface area contributed by atoms with Gasteiger partial charge in [0.2, 0.25) is 5.91 Å². The molecule has 2 aromatic rings. The molecule has 6 nitrogen and oxygen atoms in total. The zero-order valence-electron chi connectivity index (χ0n) is 18.9. The van der Waals surface area contributed by atoms with Crippen molar-refractivity contribution in [2.45, 2.75) is 60.0 Å². The molecular weight excluding hydrogens is 476 g/mol. The molecule has 2 aromatic heterocycles. The number of carbonyl (C=O) groups excluding carboxylic acids is 1. The summed E-state index contributed by atoms with van der Waals surface area (Å²) in [6, 6.07) is 4.31. The third-order valence-corrected chi connectivity index (χ3v) is 9.07. The van der Waals surface area contributed by atoms with E-state index in [1.54, 1.807) is 17.5 Å². The fourth-order valence-electron chi connectivity index (χ4n) is 4.41. The standard InChI is InChI=1S/C23H33BrN4O2S/c1-14-11-18(15(2)16(3)23(14,4)5)27-19-12-26-28(22(30)21(19)24)13-20(29)25-9-8-17-7-6-10-31-17/h6-7,10,12,14-16,18,27H,8-9,11,13H2,1-5H3,(H,25,29)/t14-,15+,16+,18+/m0/s1. The van der Waals surface area contributed by atoms with Gasteiger partial charge in [-0.3, -0.25) is 9.59 Å². The fourth-order valence-corrected chi connectivity index (χ4v) is 5.54. The van der Waals surface area contributed by atoms with Crippen LogP contribution in [0.15, 0.2) is 33.0 Å². The summed E-state index contributed by atoms with van der Waals surface area (Å²) < 4.78 is 1.63. The van der Waals surface area contributed by atoms with Gasteiger partial charge in [-0.25, -0.2) is 4.68 Å². The number of hydrogen-bond acceptors (Lipinski definition) is 5. The van der Waals surface area contributed by atoms with Crippen LogP contribution in [0.4, 0.5) is 5.69 Å². The van der Waals surface area contributed by atoms with Crippen LogP contribution in [0.2, 0.25) is 0 Å². The lowest BCUT2D eigenvalue weighted by Crippen LogP contribution is -2.48. The Morgan fingerprint density at radius 3 is 2.77 bits per heavy atom. The van der Waals surface area contributed by atoms with Gasteiger partial charge in [-0.1, -0.05) is 40.7 Å². The number of amides is 1. The van der Waals surface area contributed by atoms with Crippen molar-refractivity contribution in [2.24, 2.45) is 23.2 Å². The number of nitrogens with one attached hydrogen (secondary N) is 2. The van der Waals surface area contributed by atoms with Gasteiger partial charge < -0.3 is 10.6 Å². The Labute approximate surface area is 197 Å². The summed E-state index contributed by atoms with van der Waals surface area (Å²) in [6.45, 7) is 12.0. The lowest BCUT2D eigenvalue weighted by Gasteiger charge is -2.50. The van der Waals surface area contributed by atoms with Gasteiger partial charge in [-0.05, 0) is 63.4 Å². The molecule has 31 heavy (non-hydrogen) atoms. The summed E-state index contributed by atoms with van der Waals surface area (Å²) in [4.78, 5) is 26.2. The van der Waals surface area contributed by atoms with Crippen molar-refractivity contribution in [2.75, 3.05) is 11.9 Å². The first-order valence-corrected chi connectivity index (χ1v) is 12.6. The molecular formula is C23H33BrN4O2S.